The molecule has 1 fully saturated rings. The van der Waals surface area contributed by atoms with Crippen molar-refractivity contribution >= 4 is 21.7 Å². The molecule has 1 aromatic heterocycles. The summed E-state index contributed by atoms with van der Waals surface area (Å²) in [5.74, 6) is -2.00. The van der Waals surface area contributed by atoms with Crippen LogP contribution in [-0.2, 0) is 14.6 Å². The van der Waals surface area contributed by atoms with Gasteiger partial charge >= 0.3 is 5.97 Å². The number of sulfone groups is 1. The van der Waals surface area contributed by atoms with E-state index < -0.39 is 27.8 Å². The second kappa shape index (κ2) is 5.00. The second-order valence-electron chi connectivity index (χ2n) is 4.35. The van der Waals surface area contributed by atoms with Gasteiger partial charge in [-0.25, -0.2) is 8.42 Å². The number of carboxylic acid groups (broad SMARTS) is 1. The fourth-order valence-electron chi connectivity index (χ4n) is 2.06. The molecule has 0 aromatic carbocycles. The SMILES string of the molecule is O=C(O)CC1CS(=O)(=O)CCN1C(=O)c1cn[nH]c1. The van der Waals surface area contributed by atoms with Gasteiger partial charge in [-0.2, -0.15) is 5.10 Å². The molecule has 1 unspecified atom stereocenters. The Kier molecular flexibility index (Phi) is 3.56. The Hall–Kier alpha value is -1.90. The number of hydrogen-bond acceptors (Lipinski definition) is 5. The first-order valence-electron chi connectivity index (χ1n) is 5.61. The second-order valence-corrected chi connectivity index (χ2v) is 6.58. The van der Waals surface area contributed by atoms with E-state index in [2.05, 4.69) is 10.2 Å². The normalized spacial score (nSPS) is 22.1. The third kappa shape index (κ3) is 3.11. The summed E-state index contributed by atoms with van der Waals surface area (Å²) in [4.78, 5) is 24.2. The Balaban J connectivity index is 2.22. The number of hydrogen-bond donors (Lipinski definition) is 2. The zero-order valence-electron chi connectivity index (χ0n) is 9.94. The monoisotopic (exact) mass is 287 g/mol. The zero-order chi connectivity index (χ0) is 14.0. The minimum Gasteiger partial charge on any atom is -0.481 e. The van der Waals surface area contributed by atoms with Crippen molar-refractivity contribution in [3.8, 4) is 0 Å². The number of amides is 1. The summed E-state index contributed by atoms with van der Waals surface area (Å²) in [6, 6.07) is -0.835. The maximum atomic E-state index is 12.1. The third-order valence-electron chi connectivity index (χ3n) is 2.95. The van der Waals surface area contributed by atoms with Crippen LogP contribution in [0.4, 0.5) is 0 Å². The molecule has 19 heavy (non-hydrogen) atoms. The molecule has 0 bridgehead atoms. The van der Waals surface area contributed by atoms with Crippen LogP contribution < -0.4 is 0 Å². The molecular weight excluding hydrogens is 274 g/mol. The standard InChI is InChI=1S/C10H13N3O5S/c14-9(15)3-8-6-19(17,18)2-1-13(8)10(16)7-4-11-12-5-7/h4-5,8H,1-3,6H2,(H,11,12)(H,14,15). The van der Waals surface area contributed by atoms with Crippen LogP contribution in [0, 0.1) is 0 Å². The quantitative estimate of drug-likeness (QED) is 0.745. The van der Waals surface area contributed by atoms with Crippen LogP contribution in [0.25, 0.3) is 0 Å². The number of aromatic amines is 1. The van der Waals surface area contributed by atoms with Gasteiger partial charge in [0.1, 0.15) is 0 Å². The molecule has 0 radical (unpaired) electrons. The molecule has 1 saturated heterocycles. The van der Waals surface area contributed by atoms with E-state index in [9.17, 15) is 18.0 Å². The van der Waals surface area contributed by atoms with Crippen LogP contribution in [0.15, 0.2) is 12.4 Å². The lowest BCUT2D eigenvalue weighted by Gasteiger charge is -2.34. The van der Waals surface area contributed by atoms with Crippen LogP contribution in [0.3, 0.4) is 0 Å². The summed E-state index contributed by atoms with van der Waals surface area (Å²) in [6.45, 7) is 0.00426. The molecule has 1 aromatic rings. The maximum Gasteiger partial charge on any atom is 0.305 e. The fraction of sp³-hybridized carbons (Fsp3) is 0.500. The summed E-state index contributed by atoms with van der Waals surface area (Å²) in [6.07, 6.45) is 2.33. The van der Waals surface area contributed by atoms with Gasteiger partial charge in [-0.15, -0.1) is 0 Å². The number of aromatic nitrogens is 2. The van der Waals surface area contributed by atoms with Crippen molar-refractivity contribution in [1.29, 1.82) is 0 Å². The van der Waals surface area contributed by atoms with Crippen molar-refractivity contribution in [3.05, 3.63) is 18.0 Å². The van der Waals surface area contributed by atoms with E-state index in [0.717, 1.165) is 0 Å². The molecule has 2 heterocycles. The van der Waals surface area contributed by atoms with E-state index in [-0.39, 0.29) is 30.0 Å². The summed E-state index contributed by atoms with van der Waals surface area (Å²) < 4.78 is 23.1. The van der Waals surface area contributed by atoms with Gasteiger partial charge < -0.3 is 10.0 Å². The van der Waals surface area contributed by atoms with E-state index in [0.29, 0.717) is 0 Å². The van der Waals surface area contributed by atoms with Crippen molar-refractivity contribution in [1.82, 2.24) is 15.1 Å². The molecule has 2 N–H and O–H groups in total. The number of nitrogens with zero attached hydrogens (tertiary/aromatic N) is 2. The van der Waals surface area contributed by atoms with Crippen molar-refractivity contribution in [2.75, 3.05) is 18.1 Å². The molecule has 0 aliphatic carbocycles. The zero-order valence-corrected chi connectivity index (χ0v) is 10.8. The van der Waals surface area contributed by atoms with Crippen LogP contribution in [0.1, 0.15) is 16.8 Å². The third-order valence-corrected chi connectivity index (χ3v) is 4.64. The van der Waals surface area contributed by atoms with Gasteiger partial charge in [-0.05, 0) is 0 Å². The Morgan fingerprint density at radius 1 is 1.53 bits per heavy atom. The van der Waals surface area contributed by atoms with Gasteiger partial charge in [-0.3, -0.25) is 14.7 Å². The molecule has 104 valence electrons. The lowest BCUT2D eigenvalue weighted by molar-refractivity contribution is -0.138. The van der Waals surface area contributed by atoms with Crippen LogP contribution in [0.2, 0.25) is 0 Å². The average Bonchev–Trinajstić information content (AvgIpc) is 2.79. The lowest BCUT2D eigenvalue weighted by Crippen LogP contribution is -2.51. The summed E-state index contributed by atoms with van der Waals surface area (Å²) in [5, 5.41) is 14.9. The highest BCUT2D eigenvalue weighted by atomic mass is 32.2. The van der Waals surface area contributed by atoms with Gasteiger partial charge in [0.2, 0.25) is 0 Å². The Bertz CT molecular complexity index is 580. The van der Waals surface area contributed by atoms with E-state index >= 15 is 0 Å². The number of H-pyrrole nitrogens is 1. The van der Waals surface area contributed by atoms with E-state index in [1.807, 2.05) is 0 Å². The first kappa shape index (κ1) is 13.5. The molecule has 0 spiro atoms. The van der Waals surface area contributed by atoms with Gasteiger partial charge in [0.25, 0.3) is 5.91 Å². The summed E-state index contributed by atoms with van der Waals surface area (Å²) >= 11 is 0. The maximum absolute atomic E-state index is 12.1. The Morgan fingerprint density at radius 3 is 2.84 bits per heavy atom. The lowest BCUT2D eigenvalue weighted by atomic mass is 10.1. The van der Waals surface area contributed by atoms with Crippen molar-refractivity contribution < 1.29 is 23.1 Å². The van der Waals surface area contributed by atoms with Crippen LogP contribution >= 0.6 is 0 Å². The van der Waals surface area contributed by atoms with Gasteiger partial charge in [0.15, 0.2) is 9.84 Å². The molecule has 1 amide bonds. The Labute approximate surface area is 109 Å². The Morgan fingerprint density at radius 2 is 2.26 bits per heavy atom. The first-order chi connectivity index (χ1) is 8.89. The predicted molar refractivity (Wildman–Crippen MR) is 64.3 cm³/mol. The number of carbonyl (C=O) groups excluding carboxylic acids is 1. The molecular formula is C10H13N3O5S. The molecule has 9 heteroatoms. The largest absolute Gasteiger partial charge is 0.481 e. The average molecular weight is 287 g/mol. The van der Waals surface area contributed by atoms with E-state index in [4.69, 9.17) is 5.11 Å². The predicted octanol–water partition coefficient (Wildman–Crippen LogP) is -0.876. The summed E-state index contributed by atoms with van der Waals surface area (Å²) in [5.41, 5.74) is 0.287. The van der Waals surface area contributed by atoms with Crippen molar-refractivity contribution in [2.24, 2.45) is 0 Å². The number of carbonyl (C=O) groups is 2. The molecule has 0 saturated carbocycles. The van der Waals surface area contributed by atoms with Crippen molar-refractivity contribution in [2.45, 2.75) is 12.5 Å². The molecule has 2 rings (SSSR count). The van der Waals surface area contributed by atoms with Gasteiger partial charge in [-0.1, -0.05) is 0 Å². The van der Waals surface area contributed by atoms with Crippen molar-refractivity contribution in [3.63, 3.8) is 0 Å². The highest BCUT2D eigenvalue weighted by Gasteiger charge is 2.35. The van der Waals surface area contributed by atoms with Crippen LogP contribution in [-0.4, -0.2) is 64.6 Å². The summed E-state index contributed by atoms with van der Waals surface area (Å²) in [7, 11) is -3.29. The topological polar surface area (TPSA) is 120 Å². The minimum atomic E-state index is -3.29. The number of carboxylic acids is 1. The van der Waals surface area contributed by atoms with Gasteiger partial charge in [0.05, 0.1) is 35.7 Å². The minimum absolute atomic E-state index is 0.00426. The molecule has 1 atom stereocenters. The molecule has 1 aliphatic heterocycles. The highest BCUT2D eigenvalue weighted by Crippen LogP contribution is 2.17. The van der Waals surface area contributed by atoms with E-state index in [1.165, 1.54) is 17.3 Å². The smallest absolute Gasteiger partial charge is 0.305 e. The number of aliphatic carboxylic acids is 1. The molecule has 8 nitrogen and oxygen atoms in total. The van der Waals surface area contributed by atoms with E-state index in [1.54, 1.807) is 0 Å². The van der Waals surface area contributed by atoms with Gasteiger partial charge in [0, 0.05) is 12.7 Å². The first-order valence-corrected chi connectivity index (χ1v) is 7.43. The fourth-order valence-corrected chi connectivity index (χ4v) is 3.58. The van der Waals surface area contributed by atoms with Crippen LogP contribution in [0.5, 0.6) is 0 Å². The highest BCUT2D eigenvalue weighted by molar-refractivity contribution is 7.91. The molecule has 1 aliphatic rings. The number of nitrogens with one attached hydrogen (secondary N) is 1. The number of rotatable bonds is 3.